The zero-order valence-electron chi connectivity index (χ0n) is 13.1. The predicted octanol–water partition coefficient (Wildman–Crippen LogP) is 3.70. The Morgan fingerprint density at radius 1 is 1.43 bits per heavy atom. The lowest BCUT2D eigenvalue weighted by molar-refractivity contribution is 0.0746. The molecule has 2 aromatic heterocycles. The molecule has 0 spiro atoms. The molecular formula is C16H23N3OS. The number of rotatable bonds is 5. The van der Waals surface area contributed by atoms with E-state index in [9.17, 15) is 4.79 Å². The van der Waals surface area contributed by atoms with Crippen LogP contribution in [-0.2, 0) is 0 Å². The second-order valence-electron chi connectivity index (χ2n) is 5.51. The van der Waals surface area contributed by atoms with E-state index in [0.29, 0.717) is 23.0 Å². The lowest BCUT2D eigenvalue weighted by Crippen LogP contribution is -2.34. The van der Waals surface area contributed by atoms with E-state index in [1.54, 1.807) is 0 Å². The number of nitrogens with zero attached hydrogens (tertiary/aromatic N) is 2. The number of aryl methyl sites for hydroxylation is 1. The maximum atomic E-state index is 12.7. The molecule has 0 aliphatic rings. The Bertz CT molecular complexity index is 650. The first-order valence-electron chi connectivity index (χ1n) is 7.42. The SMILES string of the molecule is CCC(C)CN(CC)C(=O)c1sc2nc(C)ccc2c1N. The molecule has 1 amide bonds. The quantitative estimate of drug-likeness (QED) is 0.916. The van der Waals surface area contributed by atoms with E-state index < -0.39 is 0 Å². The van der Waals surface area contributed by atoms with Crippen LogP contribution in [0, 0.1) is 12.8 Å². The van der Waals surface area contributed by atoms with Crippen molar-refractivity contribution in [2.75, 3.05) is 18.8 Å². The first-order valence-corrected chi connectivity index (χ1v) is 8.24. The Labute approximate surface area is 130 Å². The molecule has 0 aliphatic heterocycles. The highest BCUT2D eigenvalue weighted by Gasteiger charge is 2.22. The normalized spacial score (nSPS) is 12.6. The molecule has 0 aliphatic carbocycles. The lowest BCUT2D eigenvalue weighted by Gasteiger charge is -2.23. The summed E-state index contributed by atoms with van der Waals surface area (Å²) in [7, 11) is 0. The van der Waals surface area contributed by atoms with E-state index in [0.717, 1.165) is 28.9 Å². The molecule has 5 heteroatoms. The van der Waals surface area contributed by atoms with Gasteiger partial charge in [-0.3, -0.25) is 4.79 Å². The minimum Gasteiger partial charge on any atom is -0.397 e. The van der Waals surface area contributed by atoms with Crippen molar-refractivity contribution in [1.82, 2.24) is 9.88 Å². The van der Waals surface area contributed by atoms with Crippen LogP contribution in [0.1, 0.15) is 42.6 Å². The molecule has 0 fully saturated rings. The Kier molecular flexibility index (Phi) is 4.83. The fraction of sp³-hybridized carbons (Fsp3) is 0.500. The monoisotopic (exact) mass is 305 g/mol. The van der Waals surface area contributed by atoms with Crippen LogP contribution < -0.4 is 5.73 Å². The van der Waals surface area contributed by atoms with Gasteiger partial charge in [0.25, 0.3) is 5.91 Å². The predicted molar refractivity (Wildman–Crippen MR) is 89.8 cm³/mol. The van der Waals surface area contributed by atoms with E-state index in [2.05, 4.69) is 18.8 Å². The van der Waals surface area contributed by atoms with Crippen molar-refractivity contribution in [1.29, 1.82) is 0 Å². The molecule has 1 atom stereocenters. The van der Waals surface area contributed by atoms with E-state index in [-0.39, 0.29) is 5.91 Å². The molecule has 4 nitrogen and oxygen atoms in total. The molecular weight excluding hydrogens is 282 g/mol. The zero-order chi connectivity index (χ0) is 15.6. The van der Waals surface area contributed by atoms with Crippen molar-refractivity contribution in [3.63, 3.8) is 0 Å². The highest BCUT2D eigenvalue weighted by molar-refractivity contribution is 7.21. The van der Waals surface area contributed by atoms with Gasteiger partial charge in [0, 0.05) is 24.2 Å². The molecule has 2 N–H and O–H groups in total. The fourth-order valence-electron chi connectivity index (χ4n) is 2.25. The van der Waals surface area contributed by atoms with Gasteiger partial charge in [-0.05, 0) is 31.9 Å². The van der Waals surface area contributed by atoms with E-state index in [4.69, 9.17) is 5.73 Å². The van der Waals surface area contributed by atoms with E-state index >= 15 is 0 Å². The van der Waals surface area contributed by atoms with E-state index in [1.165, 1.54) is 11.3 Å². The second kappa shape index (κ2) is 6.43. The van der Waals surface area contributed by atoms with Gasteiger partial charge in [-0.1, -0.05) is 20.3 Å². The summed E-state index contributed by atoms with van der Waals surface area (Å²) >= 11 is 1.40. The lowest BCUT2D eigenvalue weighted by atomic mass is 10.1. The maximum Gasteiger partial charge on any atom is 0.266 e. The number of nitrogens with two attached hydrogens (primary N) is 1. The fourth-order valence-corrected chi connectivity index (χ4v) is 3.36. The summed E-state index contributed by atoms with van der Waals surface area (Å²) in [5.74, 6) is 0.515. The highest BCUT2D eigenvalue weighted by atomic mass is 32.1. The van der Waals surface area contributed by atoms with Gasteiger partial charge in [-0.2, -0.15) is 0 Å². The van der Waals surface area contributed by atoms with Crippen molar-refractivity contribution in [3.05, 3.63) is 22.7 Å². The van der Waals surface area contributed by atoms with Gasteiger partial charge < -0.3 is 10.6 Å². The second-order valence-corrected chi connectivity index (χ2v) is 6.51. The van der Waals surface area contributed by atoms with Gasteiger partial charge in [-0.25, -0.2) is 4.98 Å². The number of pyridine rings is 1. The summed E-state index contributed by atoms with van der Waals surface area (Å²) in [6.07, 6.45) is 1.06. The van der Waals surface area contributed by atoms with Gasteiger partial charge >= 0.3 is 0 Å². The molecule has 21 heavy (non-hydrogen) atoms. The van der Waals surface area contributed by atoms with Crippen LogP contribution in [0.2, 0.25) is 0 Å². The maximum absolute atomic E-state index is 12.7. The first-order chi connectivity index (χ1) is 9.97. The molecule has 2 heterocycles. The Morgan fingerprint density at radius 3 is 2.76 bits per heavy atom. The number of thiophene rings is 1. The number of aromatic nitrogens is 1. The van der Waals surface area contributed by atoms with Gasteiger partial charge in [-0.15, -0.1) is 11.3 Å². The van der Waals surface area contributed by atoms with Gasteiger partial charge in [0.2, 0.25) is 0 Å². The highest BCUT2D eigenvalue weighted by Crippen LogP contribution is 2.33. The Morgan fingerprint density at radius 2 is 2.14 bits per heavy atom. The van der Waals surface area contributed by atoms with Gasteiger partial charge in [0.1, 0.15) is 9.71 Å². The number of hydrogen-bond donors (Lipinski definition) is 1. The summed E-state index contributed by atoms with van der Waals surface area (Å²) in [6, 6.07) is 3.88. The number of carbonyl (C=O) groups excluding carboxylic acids is 1. The third kappa shape index (κ3) is 3.18. The van der Waals surface area contributed by atoms with Crippen LogP contribution in [-0.4, -0.2) is 28.9 Å². The minimum absolute atomic E-state index is 0.0240. The zero-order valence-corrected chi connectivity index (χ0v) is 14.0. The topological polar surface area (TPSA) is 59.2 Å². The summed E-state index contributed by atoms with van der Waals surface area (Å²) in [4.78, 5) is 20.5. The third-order valence-electron chi connectivity index (χ3n) is 3.83. The molecule has 0 saturated carbocycles. The molecule has 1 unspecified atom stereocenters. The standard InChI is InChI=1S/C16H23N3OS/c1-5-10(3)9-19(6-2)16(20)14-13(17)12-8-7-11(4)18-15(12)21-14/h7-8,10H,5-6,9,17H2,1-4H3. The molecule has 2 aromatic rings. The number of carbonyl (C=O) groups is 1. The van der Waals surface area contributed by atoms with Crippen molar-refractivity contribution >= 4 is 33.1 Å². The number of fused-ring (bicyclic) bond motifs is 1. The molecule has 2 rings (SSSR count). The van der Waals surface area contributed by atoms with E-state index in [1.807, 2.05) is 30.9 Å². The third-order valence-corrected chi connectivity index (χ3v) is 4.93. The average molecular weight is 305 g/mol. The number of nitrogen functional groups attached to an aromatic ring is 1. The van der Waals surface area contributed by atoms with Crippen molar-refractivity contribution < 1.29 is 4.79 Å². The van der Waals surface area contributed by atoms with Crippen LogP contribution in [0.4, 0.5) is 5.69 Å². The van der Waals surface area contributed by atoms with Crippen molar-refractivity contribution in [2.24, 2.45) is 5.92 Å². The summed E-state index contributed by atoms with van der Waals surface area (Å²) < 4.78 is 0. The smallest absolute Gasteiger partial charge is 0.266 e. The minimum atomic E-state index is 0.0240. The van der Waals surface area contributed by atoms with Crippen LogP contribution in [0.5, 0.6) is 0 Å². The number of amides is 1. The van der Waals surface area contributed by atoms with Crippen molar-refractivity contribution in [2.45, 2.75) is 34.1 Å². The summed E-state index contributed by atoms with van der Waals surface area (Å²) in [6.45, 7) is 9.72. The summed E-state index contributed by atoms with van der Waals surface area (Å²) in [5, 5.41) is 0.883. The first kappa shape index (κ1) is 15.8. The molecule has 0 bridgehead atoms. The average Bonchev–Trinajstić information content (AvgIpc) is 2.80. The van der Waals surface area contributed by atoms with Crippen LogP contribution >= 0.6 is 11.3 Å². The van der Waals surface area contributed by atoms with Crippen LogP contribution in [0.15, 0.2) is 12.1 Å². The van der Waals surface area contributed by atoms with Crippen LogP contribution in [0.3, 0.4) is 0 Å². The molecule has 114 valence electrons. The van der Waals surface area contributed by atoms with Crippen molar-refractivity contribution in [3.8, 4) is 0 Å². The molecule has 0 aromatic carbocycles. The van der Waals surface area contributed by atoms with Crippen LogP contribution in [0.25, 0.3) is 10.2 Å². The summed E-state index contributed by atoms with van der Waals surface area (Å²) in [5.41, 5.74) is 7.67. The Balaban J connectivity index is 2.35. The number of hydrogen-bond acceptors (Lipinski definition) is 4. The molecule has 0 saturated heterocycles. The Hall–Kier alpha value is -1.62. The molecule has 0 radical (unpaired) electrons. The largest absolute Gasteiger partial charge is 0.397 e. The van der Waals surface area contributed by atoms with Gasteiger partial charge in [0.05, 0.1) is 5.69 Å². The number of anilines is 1. The van der Waals surface area contributed by atoms with Gasteiger partial charge in [0.15, 0.2) is 0 Å².